The van der Waals surface area contributed by atoms with E-state index in [-0.39, 0.29) is 5.82 Å². The van der Waals surface area contributed by atoms with Crippen LogP contribution in [0.2, 0.25) is 0 Å². The van der Waals surface area contributed by atoms with E-state index in [9.17, 15) is 0 Å². The molecular weight excluding hydrogens is 192 g/mol. The molecule has 0 saturated carbocycles. The molecule has 6 nitrogen and oxygen atoms in total. The fraction of sp³-hybridized carbons (Fsp3) is 0.111. The highest BCUT2D eigenvalue weighted by atomic mass is 15.3. The van der Waals surface area contributed by atoms with Crippen LogP contribution >= 0.6 is 0 Å². The lowest BCUT2D eigenvalue weighted by atomic mass is 10.3. The molecule has 2 rings (SSSR count). The highest BCUT2D eigenvalue weighted by Gasteiger charge is 2.01. The van der Waals surface area contributed by atoms with Crippen LogP contribution in [-0.2, 0) is 6.54 Å². The molecule has 0 unspecified atom stereocenters. The average Bonchev–Trinajstić information content (AvgIpc) is 2.65. The Hall–Kier alpha value is -2.42. The zero-order valence-corrected chi connectivity index (χ0v) is 7.83. The van der Waals surface area contributed by atoms with Gasteiger partial charge in [0.1, 0.15) is 18.2 Å². The van der Waals surface area contributed by atoms with Crippen molar-refractivity contribution in [2.75, 3.05) is 5.73 Å². The van der Waals surface area contributed by atoms with Gasteiger partial charge in [0.05, 0.1) is 12.2 Å². The minimum absolute atomic E-state index is 0.152. The van der Waals surface area contributed by atoms with Crippen LogP contribution in [0.15, 0.2) is 24.5 Å². The molecule has 6 heteroatoms. The number of hydrogen-bond donors (Lipinski definition) is 1. The fourth-order valence-electron chi connectivity index (χ4n) is 1.17. The molecule has 2 aromatic rings. The van der Waals surface area contributed by atoms with Gasteiger partial charge in [-0.3, -0.25) is 0 Å². The number of nitrogens with two attached hydrogens (primary N) is 1. The quantitative estimate of drug-likeness (QED) is 0.746. The first-order chi connectivity index (χ1) is 7.28. The maximum atomic E-state index is 8.54. The molecule has 0 aromatic carbocycles. The summed E-state index contributed by atoms with van der Waals surface area (Å²) in [6.07, 6.45) is 1.49. The largest absolute Gasteiger partial charge is 0.384 e. The topological polar surface area (TPSA) is 93.4 Å². The Balaban J connectivity index is 2.19. The predicted molar refractivity (Wildman–Crippen MR) is 52.5 cm³/mol. The predicted octanol–water partition coefficient (Wildman–Crippen LogP) is 0.175. The standard InChI is InChI=1S/C9H8N6/c10-4-9-12-6-15(14-9)5-7-2-1-3-8(11)13-7/h1-3,6H,5H2,(H2,11,13). The first kappa shape index (κ1) is 9.15. The molecule has 0 aliphatic rings. The third-order valence-electron chi connectivity index (χ3n) is 1.79. The van der Waals surface area contributed by atoms with E-state index in [1.807, 2.05) is 18.2 Å². The van der Waals surface area contributed by atoms with Crippen LogP contribution in [0, 0.1) is 11.3 Å². The van der Waals surface area contributed by atoms with E-state index in [0.29, 0.717) is 12.4 Å². The van der Waals surface area contributed by atoms with Gasteiger partial charge >= 0.3 is 0 Å². The molecule has 0 bridgehead atoms. The summed E-state index contributed by atoms with van der Waals surface area (Å²) in [5, 5.41) is 12.5. The first-order valence-electron chi connectivity index (χ1n) is 4.29. The number of aromatic nitrogens is 4. The van der Waals surface area contributed by atoms with Crippen LogP contribution in [0.4, 0.5) is 5.82 Å². The Morgan fingerprint density at radius 3 is 3.00 bits per heavy atom. The van der Waals surface area contributed by atoms with Crippen molar-refractivity contribution >= 4 is 5.82 Å². The van der Waals surface area contributed by atoms with Gasteiger partial charge in [-0.2, -0.15) is 5.26 Å². The first-order valence-corrected chi connectivity index (χ1v) is 4.29. The van der Waals surface area contributed by atoms with Gasteiger partial charge < -0.3 is 5.73 Å². The summed E-state index contributed by atoms with van der Waals surface area (Å²) in [5.74, 6) is 0.618. The molecular formula is C9H8N6. The van der Waals surface area contributed by atoms with Gasteiger partial charge in [-0.25, -0.2) is 14.6 Å². The van der Waals surface area contributed by atoms with Crippen molar-refractivity contribution in [1.82, 2.24) is 19.7 Å². The van der Waals surface area contributed by atoms with Crippen molar-refractivity contribution in [2.45, 2.75) is 6.54 Å². The van der Waals surface area contributed by atoms with Crippen LogP contribution in [-0.4, -0.2) is 19.7 Å². The third-order valence-corrected chi connectivity index (χ3v) is 1.79. The van der Waals surface area contributed by atoms with Crippen LogP contribution in [0.1, 0.15) is 11.5 Å². The molecule has 2 aromatic heterocycles. The highest BCUT2D eigenvalue weighted by Crippen LogP contribution is 2.02. The van der Waals surface area contributed by atoms with E-state index in [1.54, 1.807) is 10.7 Å². The lowest BCUT2D eigenvalue weighted by molar-refractivity contribution is 0.669. The number of hydrogen-bond acceptors (Lipinski definition) is 5. The Morgan fingerprint density at radius 1 is 1.47 bits per heavy atom. The van der Waals surface area contributed by atoms with Gasteiger partial charge in [-0.15, -0.1) is 5.10 Å². The zero-order chi connectivity index (χ0) is 10.7. The maximum Gasteiger partial charge on any atom is 0.252 e. The fourth-order valence-corrected chi connectivity index (χ4v) is 1.17. The Kier molecular flexibility index (Phi) is 2.29. The van der Waals surface area contributed by atoms with Crippen molar-refractivity contribution in [2.24, 2.45) is 0 Å². The Bertz CT molecular complexity index is 509. The minimum Gasteiger partial charge on any atom is -0.384 e. The Morgan fingerprint density at radius 2 is 2.33 bits per heavy atom. The highest BCUT2D eigenvalue weighted by molar-refractivity contribution is 5.28. The molecule has 0 aliphatic carbocycles. The van der Waals surface area contributed by atoms with E-state index >= 15 is 0 Å². The summed E-state index contributed by atoms with van der Waals surface area (Å²) in [7, 11) is 0. The van der Waals surface area contributed by atoms with Crippen LogP contribution < -0.4 is 5.73 Å². The number of pyridine rings is 1. The molecule has 2 heterocycles. The van der Waals surface area contributed by atoms with E-state index in [2.05, 4.69) is 15.1 Å². The molecule has 2 N–H and O–H groups in total. The summed E-state index contributed by atoms with van der Waals surface area (Å²) >= 11 is 0. The molecule has 74 valence electrons. The van der Waals surface area contributed by atoms with Crippen molar-refractivity contribution in [3.8, 4) is 6.07 Å². The summed E-state index contributed by atoms with van der Waals surface area (Å²) in [6, 6.07) is 7.23. The molecule has 15 heavy (non-hydrogen) atoms. The van der Waals surface area contributed by atoms with Crippen molar-refractivity contribution in [1.29, 1.82) is 5.26 Å². The minimum atomic E-state index is 0.152. The number of rotatable bonds is 2. The van der Waals surface area contributed by atoms with Crippen molar-refractivity contribution in [3.05, 3.63) is 36.0 Å². The van der Waals surface area contributed by atoms with E-state index in [1.165, 1.54) is 6.33 Å². The zero-order valence-electron chi connectivity index (χ0n) is 7.83. The molecule has 0 spiro atoms. The molecule has 0 saturated heterocycles. The lowest BCUT2D eigenvalue weighted by Crippen LogP contribution is -2.03. The maximum absolute atomic E-state index is 8.54. The van der Waals surface area contributed by atoms with Crippen molar-refractivity contribution < 1.29 is 0 Å². The molecule has 0 radical (unpaired) electrons. The van der Waals surface area contributed by atoms with E-state index in [0.717, 1.165) is 5.69 Å². The second-order valence-electron chi connectivity index (χ2n) is 2.93. The Labute approximate surface area is 86.0 Å². The lowest BCUT2D eigenvalue weighted by Gasteiger charge is -2.00. The van der Waals surface area contributed by atoms with Gasteiger partial charge in [-0.1, -0.05) is 6.07 Å². The second kappa shape index (κ2) is 3.75. The normalized spacial score (nSPS) is 9.80. The summed E-state index contributed by atoms with van der Waals surface area (Å²) in [4.78, 5) is 7.89. The van der Waals surface area contributed by atoms with Crippen LogP contribution in [0.25, 0.3) is 0 Å². The van der Waals surface area contributed by atoms with Gasteiger partial charge in [0.2, 0.25) is 0 Å². The van der Waals surface area contributed by atoms with Crippen molar-refractivity contribution in [3.63, 3.8) is 0 Å². The van der Waals surface area contributed by atoms with Crippen LogP contribution in [0.3, 0.4) is 0 Å². The second-order valence-corrected chi connectivity index (χ2v) is 2.93. The van der Waals surface area contributed by atoms with E-state index < -0.39 is 0 Å². The van der Waals surface area contributed by atoms with Gasteiger partial charge in [0.25, 0.3) is 5.82 Å². The molecule has 0 amide bonds. The third kappa shape index (κ3) is 2.08. The SMILES string of the molecule is N#Cc1ncn(Cc2cccc(N)n2)n1. The number of anilines is 1. The van der Waals surface area contributed by atoms with Gasteiger partial charge in [0, 0.05) is 0 Å². The van der Waals surface area contributed by atoms with Gasteiger partial charge in [-0.05, 0) is 12.1 Å². The summed E-state index contributed by atoms with van der Waals surface area (Å²) < 4.78 is 1.54. The number of nitrogens with zero attached hydrogens (tertiary/aromatic N) is 5. The molecule has 0 atom stereocenters. The smallest absolute Gasteiger partial charge is 0.252 e. The van der Waals surface area contributed by atoms with E-state index in [4.69, 9.17) is 11.0 Å². The van der Waals surface area contributed by atoms with Crippen LogP contribution in [0.5, 0.6) is 0 Å². The summed E-state index contributed by atoms with van der Waals surface area (Å²) in [5.41, 5.74) is 6.32. The van der Waals surface area contributed by atoms with Gasteiger partial charge in [0.15, 0.2) is 0 Å². The average molecular weight is 200 g/mol. The summed E-state index contributed by atoms with van der Waals surface area (Å²) in [6.45, 7) is 0.458. The number of nitrogen functional groups attached to an aromatic ring is 1. The molecule has 0 aliphatic heterocycles. The molecule has 0 fully saturated rings. The number of nitriles is 1. The monoisotopic (exact) mass is 200 g/mol.